The van der Waals surface area contributed by atoms with Gasteiger partial charge in [0.1, 0.15) is 0 Å². The van der Waals surface area contributed by atoms with Crippen LogP contribution in [0.5, 0.6) is 0 Å². The van der Waals surface area contributed by atoms with Crippen molar-refractivity contribution in [2.45, 2.75) is 13.3 Å². The van der Waals surface area contributed by atoms with Crippen molar-refractivity contribution in [1.29, 1.82) is 0 Å². The molecule has 2 heteroatoms. The predicted octanol–water partition coefficient (Wildman–Crippen LogP) is 17.9. The van der Waals surface area contributed by atoms with Crippen molar-refractivity contribution in [2.24, 2.45) is 0 Å². The summed E-state index contributed by atoms with van der Waals surface area (Å²) in [6.07, 6.45) is 18.2. The molecule has 0 heterocycles. The molecule has 0 amide bonds. The Hall–Kier alpha value is -8.46. The standard InChI is InChI=1S/C64H52N2/c1-2-50-47-63(65(59-39-31-55(32-40-59)27-23-51-15-7-3-8-16-51)60-41-33-56(34-42-60)28-24-52-17-9-4-10-18-52)49-64(48-50)66(61-43-35-57(36-44-61)29-25-53-19-11-5-12-20-53)62-45-37-58(38-46-62)30-26-54-21-13-6-14-22-54/h3-49H,2H2,1H3. The lowest BCUT2D eigenvalue weighted by atomic mass is 10.0. The minimum absolute atomic E-state index is 0.876. The zero-order valence-corrected chi connectivity index (χ0v) is 37.2. The van der Waals surface area contributed by atoms with E-state index in [2.05, 4.69) is 278 Å². The van der Waals surface area contributed by atoms with Crippen molar-refractivity contribution in [1.82, 2.24) is 0 Å². The molecule has 66 heavy (non-hydrogen) atoms. The fourth-order valence-corrected chi connectivity index (χ4v) is 7.98. The van der Waals surface area contributed by atoms with E-state index in [1.807, 2.05) is 24.3 Å². The molecule has 9 aromatic carbocycles. The Morgan fingerprint density at radius 1 is 0.242 bits per heavy atom. The number of aryl methyl sites for hydroxylation is 1. The first-order valence-corrected chi connectivity index (χ1v) is 22.7. The van der Waals surface area contributed by atoms with E-state index < -0.39 is 0 Å². The summed E-state index contributed by atoms with van der Waals surface area (Å²) in [6, 6.07) is 84.3. The maximum absolute atomic E-state index is 2.38. The Kier molecular flexibility index (Phi) is 13.8. The van der Waals surface area contributed by atoms with Crippen molar-refractivity contribution in [3.63, 3.8) is 0 Å². The van der Waals surface area contributed by atoms with Crippen LogP contribution in [-0.4, -0.2) is 0 Å². The number of nitrogens with zero attached hydrogens (tertiary/aromatic N) is 2. The fraction of sp³-hybridized carbons (Fsp3) is 0.0312. The summed E-state index contributed by atoms with van der Waals surface area (Å²) in [5.41, 5.74) is 17.0. The van der Waals surface area contributed by atoms with Crippen LogP contribution in [0.2, 0.25) is 0 Å². The van der Waals surface area contributed by atoms with E-state index in [9.17, 15) is 0 Å². The van der Waals surface area contributed by atoms with Gasteiger partial charge in [-0.3, -0.25) is 0 Å². The minimum atomic E-state index is 0.876. The van der Waals surface area contributed by atoms with E-state index in [0.29, 0.717) is 0 Å². The smallest absolute Gasteiger partial charge is 0.0485 e. The number of benzene rings is 9. The highest BCUT2D eigenvalue weighted by molar-refractivity contribution is 5.86. The molecule has 0 bridgehead atoms. The van der Waals surface area contributed by atoms with E-state index in [1.54, 1.807) is 0 Å². The summed E-state index contributed by atoms with van der Waals surface area (Å²) in [4.78, 5) is 4.76. The quantitative estimate of drug-likeness (QED) is 0.0949. The number of hydrogen-bond acceptors (Lipinski definition) is 2. The monoisotopic (exact) mass is 848 g/mol. The molecule has 0 aromatic heterocycles. The van der Waals surface area contributed by atoms with Crippen LogP contribution < -0.4 is 9.80 Å². The molecule has 0 fully saturated rings. The molecule has 2 nitrogen and oxygen atoms in total. The molecule has 9 rings (SSSR count). The number of hydrogen-bond donors (Lipinski definition) is 0. The second-order valence-corrected chi connectivity index (χ2v) is 16.2. The lowest BCUT2D eigenvalue weighted by Crippen LogP contribution is -2.14. The Labute approximate surface area is 390 Å². The van der Waals surface area contributed by atoms with Crippen molar-refractivity contribution >= 4 is 82.7 Å². The molecule has 0 aliphatic heterocycles. The molecule has 0 aliphatic carbocycles. The van der Waals surface area contributed by atoms with Gasteiger partial charge in [-0.2, -0.15) is 0 Å². The van der Waals surface area contributed by atoms with Gasteiger partial charge in [-0.1, -0.05) is 225 Å². The average Bonchev–Trinajstić information content (AvgIpc) is 3.39. The molecule has 318 valence electrons. The van der Waals surface area contributed by atoms with Gasteiger partial charge >= 0.3 is 0 Å². The molecule has 0 radical (unpaired) electrons. The minimum Gasteiger partial charge on any atom is -0.310 e. The van der Waals surface area contributed by atoms with Crippen molar-refractivity contribution in [3.8, 4) is 0 Å². The Balaban J connectivity index is 1.12. The summed E-state index contributed by atoms with van der Waals surface area (Å²) in [5, 5.41) is 0. The second-order valence-electron chi connectivity index (χ2n) is 16.2. The molecular formula is C64H52N2. The van der Waals surface area contributed by atoms with Crippen molar-refractivity contribution < 1.29 is 0 Å². The molecule has 0 unspecified atom stereocenters. The fourth-order valence-electron chi connectivity index (χ4n) is 7.98. The van der Waals surface area contributed by atoms with Crippen LogP contribution in [-0.2, 0) is 6.42 Å². The van der Waals surface area contributed by atoms with E-state index >= 15 is 0 Å². The second kappa shape index (κ2) is 21.3. The molecule has 0 saturated carbocycles. The SMILES string of the molecule is CCc1cc(N(c2ccc(C=Cc3ccccc3)cc2)c2ccc(C=Cc3ccccc3)cc2)cc(N(c2ccc(C=Cc3ccccc3)cc2)c2ccc(C=Cc3ccccc3)cc2)c1. The molecule has 0 N–H and O–H groups in total. The highest BCUT2D eigenvalue weighted by atomic mass is 15.2. The van der Waals surface area contributed by atoms with Gasteiger partial charge in [0.25, 0.3) is 0 Å². The first-order chi connectivity index (χ1) is 32.6. The van der Waals surface area contributed by atoms with Crippen LogP contribution in [0.3, 0.4) is 0 Å². The lowest BCUT2D eigenvalue weighted by Gasteiger charge is -2.30. The third kappa shape index (κ3) is 11.2. The van der Waals surface area contributed by atoms with Gasteiger partial charge in [0, 0.05) is 34.1 Å². The van der Waals surface area contributed by atoms with Gasteiger partial charge in [0.05, 0.1) is 0 Å². The van der Waals surface area contributed by atoms with Gasteiger partial charge in [0.2, 0.25) is 0 Å². The van der Waals surface area contributed by atoms with Crippen LogP contribution in [0.15, 0.2) is 237 Å². The van der Waals surface area contributed by atoms with Crippen LogP contribution in [0, 0.1) is 0 Å². The lowest BCUT2D eigenvalue weighted by molar-refractivity contribution is 1.12. The topological polar surface area (TPSA) is 6.48 Å². The Morgan fingerprint density at radius 2 is 0.455 bits per heavy atom. The highest BCUT2D eigenvalue weighted by Crippen LogP contribution is 2.42. The number of rotatable bonds is 15. The Morgan fingerprint density at radius 3 is 0.667 bits per heavy atom. The van der Waals surface area contributed by atoms with Gasteiger partial charge in [-0.15, -0.1) is 0 Å². The molecule has 0 atom stereocenters. The first kappa shape index (κ1) is 42.8. The summed E-state index contributed by atoms with van der Waals surface area (Å²) >= 11 is 0. The van der Waals surface area contributed by atoms with E-state index in [4.69, 9.17) is 0 Å². The summed E-state index contributed by atoms with van der Waals surface area (Å²) in [6.45, 7) is 2.24. The maximum atomic E-state index is 2.38. The van der Waals surface area contributed by atoms with Gasteiger partial charge in [0.15, 0.2) is 0 Å². The maximum Gasteiger partial charge on any atom is 0.0485 e. The van der Waals surface area contributed by atoms with Crippen LogP contribution in [0.25, 0.3) is 48.6 Å². The molecule has 0 saturated heterocycles. The largest absolute Gasteiger partial charge is 0.310 e. The molecule has 0 aliphatic rings. The van der Waals surface area contributed by atoms with E-state index in [-0.39, 0.29) is 0 Å². The summed E-state index contributed by atoms with van der Waals surface area (Å²) < 4.78 is 0. The third-order valence-corrected chi connectivity index (χ3v) is 11.6. The highest BCUT2D eigenvalue weighted by Gasteiger charge is 2.19. The Bertz CT molecular complexity index is 2650. The van der Waals surface area contributed by atoms with Crippen molar-refractivity contribution in [3.05, 3.63) is 287 Å². The zero-order chi connectivity index (χ0) is 44.8. The van der Waals surface area contributed by atoms with E-state index in [0.717, 1.165) is 62.8 Å². The van der Waals surface area contributed by atoms with E-state index in [1.165, 1.54) is 27.8 Å². The molecular weight excluding hydrogens is 797 g/mol. The van der Waals surface area contributed by atoms with Crippen LogP contribution >= 0.6 is 0 Å². The average molecular weight is 849 g/mol. The van der Waals surface area contributed by atoms with Gasteiger partial charge in [-0.05, 0) is 123 Å². The summed E-state index contributed by atoms with van der Waals surface area (Å²) in [7, 11) is 0. The zero-order valence-electron chi connectivity index (χ0n) is 37.2. The summed E-state index contributed by atoms with van der Waals surface area (Å²) in [5.74, 6) is 0. The third-order valence-electron chi connectivity index (χ3n) is 11.6. The van der Waals surface area contributed by atoms with Gasteiger partial charge < -0.3 is 9.80 Å². The molecule has 0 spiro atoms. The number of anilines is 6. The van der Waals surface area contributed by atoms with Gasteiger partial charge in [-0.25, -0.2) is 0 Å². The van der Waals surface area contributed by atoms with Crippen molar-refractivity contribution in [2.75, 3.05) is 9.80 Å². The van der Waals surface area contributed by atoms with Crippen LogP contribution in [0.4, 0.5) is 34.1 Å². The van der Waals surface area contributed by atoms with Crippen LogP contribution in [0.1, 0.15) is 57.0 Å². The first-order valence-electron chi connectivity index (χ1n) is 22.7. The molecule has 9 aromatic rings. The normalized spacial score (nSPS) is 11.5. The predicted molar refractivity (Wildman–Crippen MR) is 287 cm³/mol.